The van der Waals surface area contributed by atoms with Gasteiger partial charge in [0, 0.05) is 0 Å². The normalized spacial score (nSPS) is 12.7. The van der Waals surface area contributed by atoms with Crippen LogP contribution in [0.2, 0.25) is 0 Å². The first-order valence-electron chi connectivity index (χ1n) is 6.45. The minimum atomic E-state index is 1.26. The molecule has 0 bridgehead atoms. The molecule has 0 aliphatic rings. The maximum absolute atomic E-state index is 2.24. The summed E-state index contributed by atoms with van der Waals surface area (Å²) < 4.78 is 0. The Labute approximate surface area is 111 Å². The third-order valence-electron chi connectivity index (χ3n) is 2.67. The molecular formula is C18H22. The highest BCUT2D eigenvalue weighted by molar-refractivity contribution is 5.75. The Balaban J connectivity index is 3.48. The van der Waals surface area contributed by atoms with E-state index in [2.05, 4.69) is 88.4 Å². The molecule has 0 aliphatic heterocycles. The topological polar surface area (TPSA) is 0 Å². The molecule has 0 N–H and O–H groups in total. The van der Waals surface area contributed by atoms with Gasteiger partial charge in [-0.05, 0) is 62.1 Å². The molecule has 94 valence electrons. The van der Waals surface area contributed by atoms with Crippen molar-refractivity contribution in [1.82, 2.24) is 0 Å². The lowest BCUT2D eigenvalue weighted by atomic mass is 9.97. The van der Waals surface area contributed by atoms with Crippen LogP contribution in [0.1, 0.15) is 49.9 Å². The largest absolute Gasteiger partial charge is 0.0870 e. The maximum Gasteiger partial charge on any atom is -0.0181 e. The monoisotopic (exact) mass is 238 g/mol. The van der Waals surface area contributed by atoms with Crippen molar-refractivity contribution in [2.45, 2.75) is 27.7 Å². The summed E-state index contributed by atoms with van der Waals surface area (Å²) in [6, 6.07) is 4.48. The van der Waals surface area contributed by atoms with Crippen molar-refractivity contribution in [3.8, 4) is 0 Å². The van der Waals surface area contributed by atoms with Gasteiger partial charge in [0.05, 0.1) is 0 Å². The van der Waals surface area contributed by atoms with E-state index in [0.29, 0.717) is 0 Å². The molecule has 0 aromatic heterocycles. The van der Waals surface area contributed by atoms with Crippen LogP contribution in [0.5, 0.6) is 0 Å². The average molecular weight is 238 g/mol. The lowest BCUT2D eigenvalue weighted by Gasteiger charge is -2.08. The lowest BCUT2D eigenvalue weighted by Crippen LogP contribution is -1.88. The molecule has 0 fully saturated rings. The van der Waals surface area contributed by atoms with E-state index in [4.69, 9.17) is 0 Å². The fraction of sp³-hybridized carbons (Fsp3) is 0.222. The molecule has 0 amide bonds. The first kappa shape index (κ1) is 14.2. The van der Waals surface area contributed by atoms with Crippen molar-refractivity contribution in [3.05, 3.63) is 58.7 Å². The van der Waals surface area contributed by atoms with Crippen molar-refractivity contribution in [2.24, 2.45) is 0 Å². The summed E-state index contributed by atoms with van der Waals surface area (Å²) in [7, 11) is 0. The summed E-state index contributed by atoms with van der Waals surface area (Å²) in [5, 5.41) is 0. The van der Waals surface area contributed by atoms with Crippen molar-refractivity contribution in [1.29, 1.82) is 0 Å². The van der Waals surface area contributed by atoms with Gasteiger partial charge in [-0.2, -0.15) is 0 Å². The van der Waals surface area contributed by atoms with E-state index >= 15 is 0 Å². The zero-order valence-electron chi connectivity index (χ0n) is 11.8. The summed E-state index contributed by atoms with van der Waals surface area (Å²) in [4.78, 5) is 0. The van der Waals surface area contributed by atoms with Gasteiger partial charge < -0.3 is 0 Å². The predicted molar refractivity (Wildman–Crippen MR) is 85.3 cm³/mol. The smallest absolute Gasteiger partial charge is 0.0181 e. The molecule has 1 aromatic carbocycles. The molecule has 1 rings (SSSR count). The van der Waals surface area contributed by atoms with E-state index in [1.54, 1.807) is 0 Å². The van der Waals surface area contributed by atoms with E-state index in [1.807, 2.05) is 0 Å². The van der Waals surface area contributed by atoms with Crippen LogP contribution in [0.4, 0.5) is 0 Å². The number of rotatable bonds is 4. The van der Waals surface area contributed by atoms with Crippen LogP contribution < -0.4 is 0 Å². The molecule has 0 atom stereocenters. The van der Waals surface area contributed by atoms with Gasteiger partial charge in [0.15, 0.2) is 0 Å². The molecule has 0 saturated heterocycles. The van der Waals surface area contributed by atoms with Gasteiger partial charge in [-0.15, -0.1) is 0 Å². The number of hydrogen-bond donors (Lipinski definition) is 0. The molecule has 0 heterocycles. The van der Waals surface area contributed by atoms with Crippen LogP contribution in [0, 0.1) is 0 Å². The first-order valence-corrected chi connectivity index (χ1v) is 6.45. The Kier molecular flexibility index (Phi) is 5.93. The van der Waals surface area contributed by atoms with Gasteiger partial charge in [0.25, 0.3) is 0 Å². The van der Waals surface area contributed by atoms with Gasteiger partial charge in [-0.1, -0.05) is 48.6 Å². The quantitative estimate of drug-likeness (QED) is 0.620. The molecule has 1 aromatic rings. The van der Waals surface area contributed by atoms with Gasteiger partial charge in [0.1, 0.15) is 0 Å². The van der Waals surface area contributed by atoms with Crippen molar-refractivity contribution in [2.75, 3.05) is 0 Å². The van der Waals surface area contributed by atoms with Crippen LogP contribution in [0.25, 0.3) is 24.3 Å². The third-order valence-corrected chi connectivity index (χ3v) is 2.67. The van der Waals surface area contributed by atoms with Crippen molar-refractivity contribution in [3.63, 3.8) is 0 Å². The van der Waals surface area contributed by atoms with E-state index in [1.165, 1.54) is 22.3 Å². The first-order chi connectivity index (χ1) is 8.76. The standard InChI is InChI=1S/C18H22/c1-5-9-15-13-17(11-7-3)18(12-8-4)14-16(15)10-6-2/h5-14H,1-4H3/b9-5-,10-6-,11-7-,12-8-. The molecule has 0 aliphatic carbocycles. The highest BCUT2D eigenvalue weighted by atomic mass is 14.1. The Morgan fingerprint density at radius 1 is 0.500 bits per heavy atom. The summed E-state index contributed by atoms with van der Waals surface area (Å²) in [5.41, 5.74) is 5.04. The number of hydrogen-bond acceptors (Lipinski definition) is 0. The molecular weight excluding hydrogens is 216 g/mol. The molecule has 0 spiro atoms. The lowest BCUT2D eigenvalue weighted by molar-refractivity contribution is 1.52. The van der Waals surface area contributed by atoms with Crippen molar-refractivity contribution < 1.29 is 0 Å². The van der Waals surface area contributed by atoms with Crippen molar-refractivity contribution >= 4 is 24.3 Å². The molecule has 0 nitrogen and oxygen atoms in total. The van der Waals surface area contributed by atoms with E-state index in [-0.39, 0.29) is 0 Å². The van der Waals surface area contributed by atoms with Gasteiger partial charge in [-0.3, -0.25) is 0 Å². The number of allylic oxidation sites excluding steroid dienone is 4. The second-order valence-corrected chi connectivity index (χ2v) is 4.11. The van der Waals surface area contributed by atoms with E-state index < -0.39 is 0 Å². The highest BCUT2D eigenvalue weighted by Crippen LogP contribution is 2.22. The van der Waals surface area contributed by atoms with Crippen LogP contribution in [-0.2, 0) is 0 Å². The SMILES string of the molecule is C/C=C\c1cc(/C=C\C)c(/C=C\C)cc1/C=C\C. The third kappa shape index (κ3) is 3.59. The fourth-order valence-corrected chi connectivity index (χ4v) is 1.96. The maximum atomic E-state index is 2.24. The van der Waals surface area contributed by atoms with Gasteiger partial charge >= 0.3 is 0 Å². The summed E-state index contributed by atoms with van der Waals surface area (Å²) >= 11 is 0. The Morgan fingerprint density at radius 2 is 0.722 bits per heavy atom. The molecule has 18 heavy (non-hydrogen) atoms. The van der Waals surface area contributed by atoms with Crippen LogP contribution in [-0.4, -0.2) is 0 Å². The van der Waals surface area contributed by atoms with Crippen LogP contribution in [0.15, 0.2) is 36.4 Å². The van der Waals surface area contributed by atoms with Gasteiger partial charge in [0.2, 0.25) is 0 Å². The average Bonchev–Trinajstić information content (AvgIpc) is 2.35. The molecule has 0 unspecified atom stereocenters. The zero-order valence-corrected chi connectivity index (χ0v) is 11.8. The highest BCUT2D eigenvalue weighted by Gasteiger charge is 2.02. The minimum absolute atomic E-state index is 1.26. The summed E-state index contributed by atoms with van der Waals surface area (Å²) in [6.07, 6.45) is 16.9. The Bertz CT molecular complexity index is 407. The zero-order chi connectivity index (χ0) is 13.4. The molecule has 0 saturated carbocycles. The second-order valence-electron chi connectivity index (χ2n) is 4.11. The molecule has 0 radical (unpaired) electrons. The summed E-state index contributed by atoms with van der Waals surface area (Å²) in [6.45, 7) is 8.20. The number of benzene rings is 1. The predicted octanol–water partition coefficient (Wildman–Crippen LogP) is 5.82. The van der Waals surface area contributed by atoms with Crippen LogP contribution in [0.3, 0.4) is 0 Å². The van der Waals surface area contributed by atoms with Crippen LogP contribution >= 0.6 is 0 Å². The van der Waals surface area contributed by atoms with E-state index in [9.17, 15) is 0 Å². The summed E-state index contributed by atoms with van der Waals surface area (Å²) in [5.74, 6) is 0. The Morgan fingerprint density at radius 3 is 0.889 bits per heavy atom. The van der Waals surface area contributed by atoms with Gasteiger partial charge in [-0.25, -0.2) is 0 Å². The Hall–Kier alpha value is -1.82. The van der Waals surface area contributed by atoms with E-state index in [0.717, 1.165) is 0 Å². The fourth-order valence-electron chi connectivity index (χ4n) is 1.96. The minimum Gasteiger partial charge on any atom is -0.0870 e. The second kappa shape index (κ2) is 7.50. The molecule has 0 heteroatoms.